The van der Waals surface area contributed by atoms with Gasteiger partial charge in [-0.05, 0) is 31.9 Å². The van der Waals surface area contributed by atoms with Crippen molar-refractivity contribution in [3.05, 3.63) is 22.9 Å². The number of allylic oxidation sites excluding steroid dienone is 3. The summed E-state index contributed by atoms with van der Waals surface area (Å²) in [5, 5.41) is 0.766. The Labute approximate surface area is 85.3 Å². The van der Waals surface area contributed by atoms with Crippen LogP contribution in [0.15, 0.2) is 22.9 Å². The molecule has 0 saturated carbocycles. The molecule has 1 nitrogen and oxygen atoms in total. The van der Waals surface area contributed by atoms with Crippen molar-refractivity contribution in [1.82, 2.24) is 5.12 Å². The molecule has 0 aromatic carbocycles. The van der Waals surface area contributed by atoms with Crippen LogP contribution in [0, 0.1) is 0 Å². The normalized spacial score (nSPS) is 17.1. The summed E-state index contributed by atoms with van der Waals surface area (Å²) in [5.41, 5.74) is 2.97. The lowest BCUT2D eigenvalue weighted by Gasteiger charge is -2.20. The molecule has 0 saturated heterocycles. The summed E-state index contributed by atoms with van der Waals surface area (Å²) < 4.78 is 51.7. The highest BCUT2D eigenvalue weighted by Gasteiger charge is 2.20. The van der Waals surface area contributed by atoms with Crippen molar-refractivity contribution in [1.29, 1.82) is 0 Å². The smallest absolute Gasteiger partial charge is 0.418 e. The zero-order chi connectivity index (χ0) is 12.2. The number of rotatable bonds is 0. The molecule has 0 aromatic rings. The van der Waals surface area contributed by atoms with E-state index in [1.807, 2.05) is 19.9 Å². The van der Waals surface area contributed by atoms with E-state index < -0.39 is 7.25 Å². The van der Waals surface area contributed by atoms with Crippen molar-refractivity contribution in [2.75, 3.05) is 6.54 Å². The van der Waals surface area contributed by atoms with Crippen LogP contribution in [0.4, 0.5) is 21.7 Å². The van der Waals surface area contributed by atoms with Gasteiger partial charge in [-0.1, -0.05) is 10.6 Å². The molecule has 1 aliphatic heterocycles. The van der Waals surface area contributed by atoms with Crippen LogP contribution in [0.25, 0.3) is 0 Å². The van der Waals surface area contributed by atoms with Gasteiger partial charge in [0.2, 0.25) is 0 Å². The highest BCUT2D eigenvalue weighted by molar-refractivity contribution is 6.50. The van der Waals surface area contributed by atoms with Gasteiger partial charge in [0, 0.05) is 5.70 Å². The fraction of sp³-hybridized carbons (Fsp3) is 0.500. The molecule has 7 heteroatoms. The van der Waals surface area contributed by atoms with Crippen molar-refractivity contribution in [2.45, 2.75) is 20.8 Å². The van der Waals surface area contributed by atoms with Crippen LogP contribution in [-0.2, 0) is 0 Å². The molecule has 1 aliphatic rings. The maximum atomic E-state index is 12.7. The zero-order valence-corrected chi connectivity index (χ0v) is 8.70. The fourth-order valence-corrected chi connectivity index (χ4v) is 0.974. The van der Waals surface area contributed by atoms with E-state index in [1.54, 1.807) is 6.92 Å². The van der Waals surface area contributed by atoms with Gasteiger partial charge < -0.3 is 17.3 Å². The maximum Gasteiger partial charge on any atom is 0.673 e. The van der Waals surface area contributed by atoms with E-state index in [4.69, 9.17) is 0 Å². The molecule has 15 heavy (non-hydrogen) atoms. The third-order valence-electron chi connectivity index (χ3n) is 2.06. The summed E-state index contributed by atoms with van der Waals surface area (Å²) >= 11 is 0. The lowest BCUT2D eigenvalue weighted by molar-refractivity contribution is 0.0828. The molecule has 1 heterocycles. The van der Waals surface area contributed by atoms with E-state index in [9.17, 15) is 21.7 Å². The van der Waals surface area contributed by atoms with Gasteiger partial charge in [-0.3, -0.25) is 0 Å². The van der Waals surface area contributed by atoms with Crippen molar-refractivity contribution < 1.29 is 21.7 Å². The third-order valence-corrected chi connectivity index (χ3v) is 2.06. The Hall–Kier alpha value is -1.01. The minimum absolute atomic E-state index is 0.398. The quantitative estimate of drug-likeness (QED) is 0.347. The van der Waals surface area contributed by atoms with Crippen LogP contribution in [0.3, 0.4) is 0 Å². The number of halogens is 5. The second-order valence-corrected chi connectivity index (χ2v) is 3.14. The second-order valence-electron chi connectivity index (χ2n) is 3.14. The Morgan fingerprint density at radius 1 is 1.13 bits per heavy atom. The van der Waals surface area contributed by atoms with Crippen LogP contribution >= 0.6 is 0 Å². The lowest BCUT2D eigenvalue weighted by atomic mass is 10.0. The van der Waals surface area contributed by atoms with E-state index >= 15 is 0 Å². The molecule has 0 N–H and O–H groups in total. The Balaban J connectivity index is 0.000000336. The molecular weight excluding hydrogens is 216 g/mol. The van der Waals surface area contributed by atoms with E-state index in [2.05, 4.69) is 0 Å². The molecule has 0 bridgehead atoms. The predicted octanol–water partition coefficient (Wildman–Crippen LogP) is 3.73. The zero-order valence-electron chi connectivity index (χ0n) is 8.70. The van der Waals surface area contributed by atoms with E-state index in [0.29, 0.717) is 6.54 Å². The van der Waals surface area contributed by atoms with Gasteiger partial charge in [-0.2, -0.15) is 0 Å². The third kappa shape index (κ3) is 6.14. The first-order chi connectivity index (χ1) is 6.63. The number of nitrogens with zero attached hydrogens (tertiary/aromatic N) is 1. The molecule has 0 aliphatic carbocycles. The van der Waals surface area contributed by atoms with Crippen LogP contribution in [0.2, 0.25) is 0 Å². The Bertz CT molecular complexity index is 275. The summed E-state index contributed by atoms with van der Waals surface area (Å²) in [4.78, 5) is 0. The molecule has 0 fully saturated rings. The standard InChI is InChI=1S/C8H12FN.BF4/c1-6-4-5-10(9)8(3)7(6)2;2-1(3,4)5/h4H,5H2,1-3H3;/q;-1. The molecule has 0 unspecified atom stereocenters. The second kappa shape index (κ2) is 5.18. The average Bonchev–Trinajstić information content (AvgIpc) is 2.05. The van der Waals surface area contributed by atoms with Crippen LogP contribution < -0.4 is 0 Å². The molecular formula is C8H12BF5N-. The molecule has 0 aromatic heterocycles. The monoisotopic (exact) mass is 228 g/mol. The summed E-state index contributed by atoms with van der Waals surface area (Å²) in [5.74, 6) is 0. The molecule has 0 spiro atoms. The predicted molar refractivity (Wildman–Crippen MR) is 50.1 cm³/mol. The van der Waals surface area contributed by atoms with E-state index in [0.717, 1.165) is 16.4 Å². The highest BCUT2D eigenvalue weighted by atomic mass is 19.5. The summed E-state index contributed by atoms with van der Waals surface area (Å²) in [6.45, 7) is 6.14. The SMILES string of the molecule is CC1=CCN(F)C(C)=C1C.F[B-](F)(F)F. The number of hydrogen-bond acceptors (Lipinski definition) is 1. The summed E-state index contributed by atoms with van der Waals surface area (Å²) in [7, 11) is -6.00. The van der Waals surface area contributed by atoms with Gasteiger partial charge in [-0.25, -0.2) is 5.12 Å². The Kier molecular flexibility index (Phi) is 4.83. The van der Waals surface area contributed by atoms with Gasteiger partial charge in [0.15, 0.2) is 0 Å². The minimum Gasteiger partial charge on any atom is -0.418 e. The minimum atomic E-state index is -6.00. The van der Waals surface area contributed by atoms with Gasteiger partial charge >= 0.3 is 7.25 Å². The van der Waals surface area contributed by atoms with Crippen LogP contribution in [0.1, 0.15) is 20.8 Å². The lowest BCUT2D eigenvalue weighted by Crippen LogP contribution is -2.16. The fourth-order valence-electron chi connectivity index (χ4n) is 0.974. The molecule has 0 atom stereocenters. The molecule has 88 valence electrons. The largest absolute Gasteiger partial charge is 0.673 e. The molecule has 1 rings (SSSR count). The van der Waals surface area contributed by atoms with Gasteiger partial charge in [-0.15, -0.1) is 0 Å². The first-order valence-electron chi connectivity index (χ1n) is 4.28. The van der Waals surface area contributed by atoms with Crippen LogP contribution in [0.5, 0.6) is 0 Å². The van der Waals surface area contributed by atoms with Crippen molar-refractivity contribution in [2.24, 2.45) is 0 Å². The Morgan fingerprint density at radius 3 is 1.87 bits per heavy atom. The highest BCUT2D eigenvalue weighted by Crippen LogP contribution is 2.21. The van der Waals surface area contributed by atoms with Crippen LogP contribution in [-0.4, -0.2) is 18.9 Å². The van der Waals surface area contributed by atoms with Crippen molar-refractivity contribution in [3.63, 3.8) is 0 Å². The molecule has 0 amide bonds. The van der Waals surface area contributed by atoms with Crippen molar-refractivity contribution in [3.8, 4) is 0 Å². The summed E-state index contributed by atoms with van der Waals surface area (Å²) in [6, 6.07) is 0. The van der Waals surface area contributed by atoms with Gasteiger partial charge in [0.1, 0.15) is 0 Å². The topological polar surface area (TPSA) is 3.24 Å². The van der Waals surface area contributed by atoms with E-state index in [1.165, 1.54) is 5.57 Å². The average molecular weight is 228 g/mol. The first-order valence-corrected chi connectivity index (χ1v) is 4.28. The number of hydrogen-bond donors (Lipinski definition) is 0. The van der Waals surface area contributed by atoms with Gasteiger partial charge in [0.25, 0.3) is 0 Å². The Morgan fingerprint density at radius 2 is 1.53 bits per heavy atom. The van der Waals surface area contributed by atoms with Gasteiger partial charge in [0.05, 0.1) is 6.54 Å². The van der Waals surface area contributed by atoms with Crippen molar-refractivity contribution >= 4 is 7.25 Å². The first kappa shape index (κ1) is 14.0. The van der Waals surface area contributed by atoms with E-state index in [-0.39, 0.29) is 0 Å². The molecule has 0 radical (unpaired) electrons. The maximum absolute atomic E-state index is 12.7. The summed E-state index contributed by atoms with van der Waals surface area (Å²) in [6.07, 6.45) is 1.89.